The molecule has 0 aromatic heterocycles. The van der Waals surface area contributed by atoms with E-state index in [1.54, 1.807) is 62.8 Å². The van der Waals surface area contributed by atoms with E-state index < -0.39 is 10.0 Å². The summed E-state index contributed by atoms with van der Waals surface area (Å²) in [6.07, 6.45) is 0.605. The number of rotatable bonds is 12. The lowest BCUT2D eigenvalue weighted by molar-refractivity contribution is 0.0954. The van der Waals surface area contributed by atoms with Crippen LogP contribution in [0.5, 0.6) is 17.2 Å². The molecule has 0 aliphatic carbocycles. The summed E-state index contributed by atoms with van der Waals surface area (Å²) in [5.41, 5.74) is 2.02. The van der Waals surface area contributed by atoms with Crippen LogP contribution in [-0.4, -0.2) is 53.0 Å². The van der Waals surface area contributed by atoms with Crippen molar-refractivity contribution in [2.24, 2.45) is 0 Å². The van der Waals surface area contributed by atoms with E-state index in [4.69, 9.17) is 14.2 Å². The van der Waals surface area contributed by atoms with E-state index in [-0.39, 0.29) is 17.3 Å². The predicted molar refractivity (Wildman–Crippen MR) is 138 cm³/mol. The molecule has 3 aromatic rings. The van der Waals surface area contributed by atoms with Crippen LogP contribution in [0.25, 0.3) is 0 Å². The van der Waals surface area contributed by atoms with Crippen molar-refractivity contribution in [1.82, 2.24) is 9.62 Å². The number of nitrogens with zero attached hydrogens (tertiary/aromatic N) is 1. The fourth-order valence-corrected chi connectivity index (χ4v) is 4.87. The third-order valence-electron chi connectivity index (χ3n) is 5.61. The topological polar surface area (TPSA) is 94.2 Å². The second-order valence-electron chi connectivity index (χ2n) is 8.02. The number of carbonyl (C=O) groups excluding carboxylic acids is 1. The number of amides is 1. The highest BCUT2D eigenvalue weighted by Gasteiger charge is 2.22. The van der Waals surface area contributed by atoms with E-state index in [0.29, 0.717) is 47.9 Å². The van der Waals surface area contributed by atoms with Gasteiger partial charge in [0.2, 0.25) is 10.0 Å². The normalized spacial score (nSPS) is 11.2. The molecule has 0 aliphatic heterocycles. The van der Waals surface area contributed by atoms with Crippen LogP contribution in [-0.2, 0) is 23.0 Å². The molecule has 192 valence electrons. The Morgan fingerprint density at radius 2 is 1.61 bits per heavy atom. The molecule has 0 saturated carbocycles. The van der Waals surface area contributed by atoms with Gasteiger partial charge in [-0.2, -0.15) is 4.31 Å². The maximum atomic E-state index is 13.0. The molecule has 9 heteroatoms. The highest BCUT2D eigenvalue weighted by Crippen LogP contribution is 2.28. The number of nitrogens with one attached hydrogen (secondary N) is 1. The van der Waals surface area contributed by atoms with Gasteiger partial charge < -0.3 is 19.5 Å². The molecule has 0 heterocycles. The molecule has 1 amide bonds. The van der Waals surface area contributed by atoms with Crippen LogP contribution in [0.3, 0.4) is 0 Å². The summed E-state index contributed by atoms with van der Waals surface area (Å²) in [5.74, 6) is 1.56. The SMILES string of the molecule is CCOc1ccc(C(=O)NCCc2ccc(OC)c(OC)c2)cc1CN(C)S(=O)(=O)c1ccccc1. The Morgan fingerprint density at radius 1 is 0.917 bits per heavy atom. The second kappa shape index (κ2) is 12.4. The van der Waals surface area contributed by atoms with Crippen LogP contribution >= 0.6 is 0 Å². The zero-order chi connectivity index (χ0) is 26.1. The summed E-state index contributed by atoms with van der Waals surface area (Å²) >= 11 is 0. The number of ether oxygens (including phenoxy) is 3. The summed E-state index contributed by atoms with van der Waals surface area (Å²) in [4.78, 5) is 13.1. The molecule has 36 heavy (non-hydrogen) atoms. The van der Waals surface area contributed by atoms with Gasteiger partial charge >= 0.3 is 0 Å². The molecule has 0 atom stereocenters. The van der Waals surface area contributed by atoms with Gasteiger partial charge in [0.25, 0.3) is 5.91 Å². The first-order chi connectivity index (χ1) is 17.3. The molecule has 0 fully saturated rings. The Bertz CT molecular complexity index is 1280. The number of hydrogen-bond acceptors (Lipinski definition) is 6. The van der Waals surface area contributed by atoms with E-state index in [9.17, 15) is 13.2 Å². The zero-order valence-corrected chi connectivity index (χ0v) is 21.8. The van der Waals surface area contributed by atoms with Crippen LogP contribution in [0.2, 0.25) is 0 Å². The third kappa shape index (κ3) is 6.56. The van der Waals surface area contributed by atoms with Crippen LogP contribution < -0.4 is 19.5 Å². The van der Waals surface area contributed by atoms with Crippen molar-refractivity contribution < 1.29 is 27.4 Å². The van der Waals surface area contributed by atoms with Crippen LogP contribution in [0, 0.1) is 0 Å². The molecule has 8 nitrogen and oxygen atoms in total. The van der Waals surface area contributed by atoms with Gasteiger partial charge in [0.15, 0.2) is 11.5 Å². The summed E-state index contributed by atoms with van der Waals surface area (Å²) in [7, 11) is 0.968. The Kier molecular flexibility index (Phi) is 9.32. The van der Waals surface area contributed by atoms with E-state index >= 15 is 0 Å². The molecule has 3 rings (SSSR count). The van der Waals surface area contributed by atoms with Crippen molar-refractivity contribution in [3.8, 4) is 17.2 Å². The fraction of sp³-hybridized carbons (Fsp3) is 0.296. The van der Waals surface area contributed by atoms with Gasteiger partial charge in [-0.1, -0.05) is 24.3 Å². The van der Waals surface area contributed by atoms with Crippen LogP contribution in [0.15, 0.2) is 71.6 Å². The first-order valence-electron chi connectivity index (χ1n) is 11.6. The molecular weight excluding hydrogens is 480 g/mol. The van der Waals surface area contributed by atoms with Crippen molar-refractivity contribution in [2.45, 2.75) is 24.8 Å². The lowest BCUT2D eigenvalue weighted by atomic mass is 10.1. The average molecular weight is 513 g/mol. The van der Waals surface area contributed by atoms with Crippen LogP contribution in [0.4, 0.5) is 0 Å². The Hall–Kier alpha value is -3.56. The van der Waals surface area contributed by atoms with Gasteiger partial charge in [0.05, 0.1) is 25.7 Å². The lowest BCUT2D eigenvalue weighted by Crippen LogP contribution is -2.28. The quantitative estimate of drug-likeness (QED) is 0.396. The minimum Gasteiger partial charge on any atom is -0.494 e. The molecule has 0 aliphatic rings. The van der Waals surface area contributed by atoms with Gasteiger partial charge in [-0.3, -0.25) is 4.79 Å². The Morgan fingerprint density at radius 3 is 2.28 bits per heavy atom. The van der Waals surface area contributed by atoms with Gasteiger partial charge in [0, 0.05) is 31.3 Å². The molecular formula is C27H32N2O6S. The maximum absolute atomic E-state index is 13.0. The van der Waals surface area contributed by atoms with E-state index in [1.807, 2.05) is 25.1 Å². The molecule has 1 N–H and O–H groups in total. The fourth-order valence-electron chi connectivity index (χ4n) is 3.70. The molecule has 0 saturated heterocycles. The van der Waals surface area contributed by atoms with Gasteiger partial charge in [-0.25, -0.2) is 8.42 Å². The highest BCUT2D eigenvalue weighted by molar-refractivity contribution is 7.89. The number of carbonyl (C=O) groups is 1. The van der Waals surface area contributed by atoms with Crippen LogP contribution in [0.1, 0.15) is 28.4 Å². The van der Waals surface area contributed by atoms with Gasteiger partial charge in [-0.05, 0) is 61.4 Å². The predicted octanol–water partition coefficient (Wildman–Crippen LogP) is 3.90. The van der Waals surface area contributed by atoms with E-state index in [2.05, 4.69) is 5.32 Å². The first kappa shape index (κ1) is 27.0. The molecule has 0 bridgehead atoms. The summed E-state index contributed by atoms with van der Waals surface area (Å²) in [5, 5.41) is 2.92. The van der Waals surface area contributed by atoms with E-state index in [0.717, 1.165) is 5.56 Å². The van der Waals surface area contributed by atoms with Crippen molar-refractivity contribution in [1.29, 1.82) is 0 Å². The second-order valence-corrected chi connectivity index (χ2v) is 10.1. The number of methoxy groups -OCH3 is 2. The van der Waals surface area contributed by atoms with Crippen molar-refractivity contribution >= 4 is 15.9 Å². The van der Waals surface area contributed by atoms with Gasteiger partial charge in [-0.15, -0.1) is 0 Å². The number of benzene rings is 3. The molecule has 0 unspecified atom stereocenters. The summed E-state index contributed by atoms with van der Waals surface area (Å²) < 4.78 is 43.5. The Balaban J connectivity index is 1.71. The summed E-state index contributed by atoms with van der Waals surface area (Å²) in [6, 6.07) is 18.9. The third-order valence-corrected chi connectivity index (χ3v) is 7.43. The Labute approximate surface area is 212 Å². The van der Waals surface area contributed by atoms with Gasteiger partial charge in [0.1, 0.15) is 5.75 Å². The van der Waals surface area contributed by atoms with E-state index in [1.165, 1.54) is 11.4 Å². The lowest BCUT2D eigenvalue weighted by Gasteiger charge is -2.20. The van der Waals surface area contributed by atoms with Crippen molar-refractivity contribution in [3.05, 3.63) is 83.4 Å². The number of sulfonamides is 1. The molecule has 0 spiro atoms. The highest BCUT2D eigenvalue weighted by atomic mass is 32.2. The first-order valence-corrected chi connectivity index (χ1v) is 13.0. The largest absolute Gasteiger partial charge is 0.494 e. The standard InChI is InChI=1S/C27H32N2O6S/c1-5-35-24-14-12-21(18-22(24)19-29(2)36(31,32)23-9-7-6-8-10-23)27(30)28-16-15-20-11-13-25(33-3)26(17-20)34-4/h6-14,17-18H,5,15-16,19H2,1-4H3,(H,28,30). The van der Waals surface area contributed by atoms with Crippen molar-refractivity contribution in [2.75, 3.05) is 34.4 Å². The monoisotopic (exact) mass is 512 g/mol. The zero-order valence-electron chi connectivity index (χ0n) is 21.0. The number of hydrogen-bond donors (Lipinski definition) is 1. The maximum Gasteiger partial charge on any atom is 0.251 e. The van der Waals surface area contributed by atoms with Crippen molar-refractivity contribution in [3.63, 3.8) is 0 Å². The summed E-state index contributed by atoms with van der Waals surface area (Å²) in [6.45, 7) is 2.74. The minimum absolute atomic E-state index is 0.0549. The average Bonchev–Trinajstić information content (AvgIpc) is 2.90. The molecule has 3 aromatic carbocycles. The minimum atomic E-state index is -3.70. The molecule has 0 radical (unpaired) electrons. The smallest absolute Gasteiger partial charge is 0.251 e.